The highest BCUT2D eigenvalue weighted by Gasteiger charge is 2.36. The van der Waals surface area contributed by atoms with Crippen molar-refractivity contribution in [3.8, 4) is 5.75 Å². The fourth-order valence-corrected chi connectivity index (χ4v) is 3.08. The molecule has 1 heterocycles. The van der Waals surface area contributed by atoms with Crippen LogP contribution < -0.4 is 5.32 Å². The lowest BCUT2D eigenvalue weighted by atomic mass is 9.80. The molecule has 2 N–H and O–H groups in total. The van der Waals surface area contributed by atoms with Crippen LogP contribution in [0.3, 0.4) is 0 Å². The average Bonchev–Trinajstić information content (AvgIpc) is 2.38. The SMILES string of the molecule is CC(C)(C)[C@@H](c1cc(O)ccc1[N+](=O)[O-])N1CCNCC1.Cl.Cl. The monoisotopic (exact) mass is 365 g/mol. The maximum atomic E-state index is 11.3. The van der Waals surface area contributed by atoms with E-state index in [2.05, 4.69) is 31.0 Å². The molecular weight excluding hydrogens is 341 g/mol. The third-order valence-electron chi connectivity index (χ3n) is 3.84. The third-order valence-corrected chi connectivity index (χ3v) is 3.84. The summed E-state index contributed by atoms with van der Waals surface area (Å²) in [4.78, 5) is 13.2. The van der Waals surface area contributed by atoms with E-state index in [-0.39, 0.29) is 52.6 Å². The van der Waals surface area contributed by atoms with E-state index in [1.54, 1.807) is 0 Å². The summed E-state index contributed by atoms with van der Waals surface area (Å²) in [6.45, 7) is 9.66. The molecule has 1 aromatic rings. The van der Waals surface area contributed by atoms with Crippen molar-refractivity contribution in [3.05, 3.63) is 33.9 Å². The van der Waals surface area contributed by atoms with Gasteiger partial charge in [-0.1, -0.05) is 20.8 Å². The van der Waals surface area contributed by atoms with Gasteiger partial charge in [-0.05, 0) is 17.5 Å². The van der Waals surface area contributed by atoms with Crippen molar-refractivity contribution in [2.75, 3.05) is 26.2 Å². The molecule has 0 unspecified atom stereocenters. The van der Waals surface area contributed by atoms with E-state index in [0.717, 1.165) is 26.2 Å². The molecule has 2 rings (SSSR count). The van der Waals surface area contributed by atoms with Crippen LogP contribution in [0.25, 0.3) is 0 Å². The summed E-state index contributed by atoms with van der Waals surface area (Å²) < 4.78 is 0. The molecule has 0 spiro atoms. The average molecular weight is 366 g/mol. The fraction of sp³-hybridized carbons (Fsp3) is 0.600. The lowest BCUT2D eigenvalue weighted by Crippen LogP contribution is -2.48. The minimum Gasteiger partial charge on any atom is -0.508 e. The Labute approximate surface area is 149 Å². The largest absolute Gasteiger partial charge is 0.508 e. The number of aromatic hydroxyl groups is 1. The van der Waals surface area contributed by atoms with Gasteiger partial charge >= 0.3 is 0 Å². The Balaban J connectivity index is 0.00000242. The Kier molecular flexibility index (Phi) is 8.28. The predicted octanol–water partition coefficient (Wildman–Crippen LogP) is 3.14. The highest BCUT2D eigenvalue weighted by molar-refractivity contribution is 5.85. The number of nitrogens with one attached hydrogen (secondary N) is 1. The van der Waals surface area contributed by atoms with Gasteiger partial charge < -0.3 is 10.4 Å². The van der Waals surface area contributed by atoms with Crippen molar-refractivity contribution in [3.63, 3.8) is 0 Å². The van der Waals surface area contributed by atoms with Crippen LogP contribution in [0, 0.1) is 15.5 Å². The van der Waals surface area contributed by atoms with Gasteiger partial charge in [0.1, 0.15) is 5.75 Å². The first-order valence-corrected chi connectivity index (χ1v) is 7.23. The number of phenolic OH excluding ortho intramolecular Hbond substituents is 1. The Hall–Kier alpha value is -1.08. The minimum absolute atomic E-state index is 0. The maximum absolute atomic E-state index is 11.3. The van der Waals surface area contributed by atoms with Crippen LogP contribution >= 0.6 is 24.8 Å². The molecule has 1 atom stereocenters. The topological polar surface area (TPSA) is 78.6 Å². The second-order valence-corrected chi connectivity index (χ2v) is 6.55. The maximum Gasteiger partial charge on any atom is 0.274 e. The van der Waals surface area contributed by atoms with E-state index in [4.69, 9.17) is 0 Å². The molecule has 6 nitrogen and oxygen atoms in total. The van der Waals surface area contributed by atoms with E-state index in [9.17, 15) is 15.2 Å². The third kappa shape index (κ3) is 5.21. The zero-order valence-electron chi connectivity index (χ0n) is 13.6. The molecule has 1 saturated heterocycles. The molecule has 0 amide bonds. The zero-order chi connectivity index (χ0) is 15.6. The van der Waals surface area contributed by atoms with Crippen molar-refractivity contribution >= 4 is 30.5 Å². The smallest absolute Gasteiger partial charge is 0.274 e. The Morgan fingerprint density at radius 1 is 1.26 bits per heavy atom. The number of rotatable bonds is 3. The normalized spacial score (nSPS) is 16.8. The van der Waals surface area contributed by atoms with Gasteiger partial charge in [0.15, 0.2) is 0 Å². The van der Waals surface area contributed by atoms with Gasteiger partial charge in [0, 0.05) is 38.3 Å². The molecule has 1 fully saturated rings. The van der Waals surface area contributed by atoms with Crippen LogP contribution in [-0.4, -0.2) is 41.1 Å². The van der Waals surface area contributed by atoms with Gasteiger partial charge in [-0.3, -0.25) is 15.0 Å². The fourth-order valence-electron chi connectivity index (χ4n) is 3.08. The van der Waals surface area contributed by atoms with E-state index in [0.29, 0.717) is 5.56 Å². The molecule has 0 aliphatic carbocycles. The molecule has 0 bridgehead atoms. The van der Waals surface area contributed by atoms with Crippen LogP contribution in [0.5, 0.6) is 5.75 Å². The summed E-state index contributed by atoms with van der Waals surface area (Å²) in [5, 5.41) is 24.4. The molecule has 0 saturated carbocycles. The number of benzene rings is 1. The quantitative estimate of drug-likeness (QED) is 0.635. The van der Waals surface area contributed by atoms with Gasteiger partial charge in [0.2, 0.25) is 0 Å². The van der Waals surface area contributed by atoms with Gasteiger partial charge in [0.25, 0.3) is 5.69 Å². The van der Waals surface area contributed by atoms with Crippen molar-refractivity contribution in [2.45, 2.75) is 26.8 Å². The Morgan fingerprint density at radius 2 is 1.83 bits per heavy atom. The van der Waals surface area contributed by atoms with Crippen molar-refractivity contribution in [2.24, 2.45) is 5.41 Å². The zero-order valence-corrected chi connectivity index (χ0v) is 15.2. The molecule has 1 aliphatic heterocycles. The van der Waals surface area contributed by atoms with Crippen LogP contribution in [0.4, 0.5) is 5.69 Å². The van der Waals surface area contributed by atoms with Gasteiger partial charge in [-0.2, -0.15) is 0 Å². The standard InChI is InChI=1S/C15H23N3O3.2ClH/c1-15(2,3)14(17-8-6-16-7-9-17)12-10-11(19)4-5-13(12)18(20)21;;/h4-5,10,14,16,19H,6-9H2,1-3H3;2*1H/t14-;;/m1../s1. The highest BCUT2D eigenvalue weighted by atomic mass is 35.5. The van der Waals surface area contributed by atoms with Gasteiger partial charge in [-0.15, -0.1) is 24.8 Å². The molecular formula is C15H25Cl2N3O3. The number of nitro benzene ring substituents is 1. The first-order valence-electron chi connectivity index (χ1n) is 7.23. The second-order valence-electron chi connectivity index (χ2n) is 6.55. The summed E-state index contributed by atoms with van der Waals surface area (Å²) in [6, 6.07) is 4.20. The molecule has 1 aliphatic rings. The summed E-state index contributed by atoms with van der Waals surface area (Å²) >= 11 is 0. The number of nitro groups is 1. The van der Waals surface area contributed by atoms with Crippen molar-refractivity contribution < 1.29 is 10.0 Å². The number of hydrogen-bond acceptors (Lipinski definition) is 5. The number of phenols is 1. The minimum atomic E-state index is -0.365. The number of halogens is 2. The predicted molar refractivity (Wildman–Crippen MR) is 95.9 cm³/mol. The first kappa shape index (κ1) is 21.9. The van der Waals surface area contributed by atoms with Crippen LogP contribution in [0.2, 0.25) is 0 Å². The lowest BCUT2D eigenvalue weighted by molar-refractivity contribution is -0.386. The summed E-state index contributed by atoms with van der Waals surface area (Å²) in [6.07, 6.45) is 0. The number of nitrogens with zero attached hydrogens (tertiary/aromatic N) is 2. The summed E-state index contributed by atoms with van der Waals surface area (Å²) in [7, 11) is 0. The highest BCUT2D eigenvalue weighted by Crippen LogP contribution is 2.42. The Bertz CT molecular complexity index is 529. The molecule has 0 aromatic heterocycles. The van der Waals surface area contributed by atoms with Crippen molar-refractivity contribution in [1.82, 2.24) is 10.2 Å². The second kappa shape index (κ2) is 8.68. The summed E-state index contributed by atoms with van der Waals surface area (Å²) in [5.74, 6) is 0.0694. The Morgan fingerprint density at radius 3 is 2.30 bits per heavy atom. The van der Waals surface area contributed by atoms with E-state index >= 15 is 0 Å². The van der Waals surface area contributed by atoms with Gasteiger partial charge in [-0.25, -0.2) is 0 Å². The molecule has 23 heavy (non-hydrogen) atoms. The first-order chi connectivity index (χ1) is 9.80. The number of piperazine rings is 1. The molecule has 8 heteroatoms. The van der Waals surface area contributed by atoms with Crippen LogP contribution in [-0.2, 0) is 0 Å². The molecule has 1 aromatic carbocycles. The molecule has 132 valence electrons. The van der Waals surface area contributed by atoms with Gasteiger partial charge in [0.05, 0.1) is 10.5 Å². The van der Waals surface area contributed by atoms with Crippen LogP contribution in [0.15, 0.2) is 18.2 Å². The lowest BCUT2D eigenvalue weighted by Gasteiger charge is -2.42. The van der Waals surface area contributed by atoms with Crippen LogP contribution in [0.1, 0.15) is 32.4 Å². The van der Waals surface area contributed by atoms with E-state index in [1.165, 1.54) is 18.2 Å². The van der Waals surface area contributed by atoms with Crippen molar-refractivity contribution in [1.29, 1.82) is 0 Å². The summed E-state index contributed by atoms with van der Waals surface area (Å²) in [5.41, 5.74) is 0.497. The van der Waals surface area contributed by atoms with E-state index in [1.807, 2.05) is 0 Å². The number of hydrogen-bond donors (Lipinski definition) is 2. The molecule has 0 radical (unpaired) electrons. The van der Waals surface area contributed by atoms with E-state index < -0.39 is 0 Å².